The highest BCUT2D eigenvalue weighted by molar-refractivity contribution is 7.99. The molecule has 1 atom stereocenters. The van der Waals surface area contributed by atoms with E-state index in [1.807, 2.05) is 6.92 Å². The summed E-state index contributed by atoms with van der Waals surface area (Å²) in [6, 6.07) is 2.90. The van der Waals surface area contributed by atoms with Crippen LogP contribution < -0.4 is 11.4 Å². The minimum absolute atomic E-state index is 0.236. The molecule has 0 radical (unpaired) electrons. The molecule has 2 aromatic rings. The Morgan fingerprint density at radius 2 is 2.24 bits per heavy atom. The third-order valence-electron chi connectivity index (χ3n) is 3.15. The van der Waals surface area contributed by atoms with Crippen LogP contribution in [0.5, 0.6) is 0 Å². The quantitative estimate of drug-likeness (QED) is 0.890. The first kappa shape index (κ1) is 15.8. The zero-order chi connectivity index (χ0) is 15.6. The average Bonchev–Trinajstić information content (AvgIpc) is 2.75. The molecule has 0 amide bonds. The van der Waals surface area contributed by atoms with E-state index < -0.39 is 0 Å². The number of H-pyrrole nitrogens is 1. The van der Waals surface area contributed by atoms with E-state index in [-0.39, 0.29) is 17.5 Å². The smallest absolute Gasteiger partial charge is 0.324 e. The van der Waals surface area contributed by atoms with Crippen LogP contribution in [0.2, 0.25) is 0 Å². The number of aromatic nitrogens is 3. The van der Waals surface area contributed by atoms with Gasteiger partial charge in [-0.1, -0.05) is 6.92 Å². The summed E-state index contributed by atoms with van der Waals surface area (Å²) in [5, 5.41) is 7.05. The van der Waals surface area contributed by atoms with E-state index in [1.165, 1.54) is 17.8 Å². The first-order chi connectivity index (χ1) is 9.93. The highest BCUT2D eigenvalue weighted by atomic mass is 32.2. The summed E-state index contributed by atoms with van der Waals surface area (Å²) in [6.07, 6.45) is 0.829. The number of aromatic amines is 1. The Morgan fingerprint density at radius 3 is 2.86 bits per heavy atom. The number of nitrogens with one attached hydrogen (secondary N) is 1. The zero-order valence-electron chi connectivity index (χ0n) is 12.3. The number of rotatable bonds is 5. The third kappa shape index (κ3) is 3.36. The number of halogens is 1. The van der Waals surface area contributed by atoms with Gasteiger partial charge >= 0.3 is 5.69 Å². The molecule has 1 unspecified atom stereocenters. The van der Waals surface area contributed by atoms with E-state index in [1.54, 1.807) is 24.5 Å². The van der Waals surface area contributed by atoms with Crippen molar-refractivity contribution in [1.29, 1.82) is 0 Å². The van der Waals surface area contributed by atoms with Crippen LogP contribution in [-0.4, -0.2) is 14.8 Å². The summed E-state index contributed by atoms with van der Waals surface area (Å²) in [6.45, 7) is 6.08. The van der Waals surface area contributed by atoms with Crippen molar-refractivity contribution >= 4 is 11.8 Å². The first-order valence-electron chi connectivity index (χ1n) is 6.82. The summed E-state index contributed by atoms with van der Waals surface area (Å²) < 4.78 is 15.3. The van der Waals surface area contributed by atoms with Crippen LogP contribution in [0.1, 0.15) is 37.4 Å². The summed E-state index contributed by atoms with van der Waals surface area (Å²) in [5.41, 5.74) is 6.93. The van der Waals surface area contributed by atoms with Crippen molar-refractivity contribution in [2.24, 2.45) is 5.73 Å². The van der Waals surface area contributed by atoms with Crippen molar-refractivity contribution in [2.45, 2.75) is 49.8 Å². The molecular formula is C14H19FN4OS. The van der Waals surface area contributed by atoms with E-state index in [2.05, 4.69) is 10.2 Å². The summed E-state index contributed by atoms with van der Waals surface area (Å²) in [7, 11) is 0. The average molecular weight is 310 g/mol. The van der Waals surface area contributed by atoms with Gasteiger partial charge in [-0.15, -0.1) is 5.10 Å². The zero-order valence-corrected chi connectivity index (χ0v) is 13.1. The molecule has 0 aliphatic heterocycles. The molecule has 5 nitrogen and oxygen atoms in total. The van der Waals surface area contributed by atoms with Gasteiger partial charge in [0, 0.05) is 17.5 Å². The van der Waals surface area contributed by atoms with E-state index in [9.17, 15) is 9.18 Å². The highest BCUT2D eigenvalue weighted by Gasteiger charge is 2.16. The lowest BCUT2D eigenvalue weighted by Gasteiger charge is -2.14. The van der Waals surface area contributed by atoms with E-state index >= 15 is 0 Å². The van der Waals surface area contributed by atoms with Gasteiger partial charge in [-0.25, -0.2) is 14.3 Å². The molecule has 0 bridgehead atoms. The lowest BCUT2D eigenvalue weighted by molar-refractivity contribution is 0.602. The number of nitrogens with zero attached hydrogens (tertiary/aromatic N) is 2. The van der Waals surface area contributed by atoms with Crippen molar-refractivity contribution in [3.63, 3.8) is 0 Å². The maximum atomic E-state index is 13.7. The maximum Gasteiger partial charge on any atom is 0.343 e. The van der Waals surface area contributed by atoms with Crippen LogP contribution in [0.25, 0.3) is 0 Å². The molecule has 0 aliphatic carbocycles. The van der Waals surface area contributed by atoms with Crippen LogP contribution in [-0.2, 0) is 6.54 Å². The first-order valence-corrected chi connectivity index (χ1v) is 7.64. The second-order valence-electron chi connectivity index (χ2n) is 4.99. The number of hydrogen-bond acceptors (Lipinski definition) is 4. The van der Waals surface area contributed by atoms with Crippen molar-refractivity contribution in [3.8, 4) is 0 Å². The fourth-order valence-electron chi connectivity index (χ4n) is 2.01. The van der Waals surface area contributed by atoms with Gasteiger partial charge in [-0.2, -0.15) is 0 Å². The fourth-order valence-corrected chi connectivity index (χ4v) is 3.19. The minimum Gasteiger partial charge on any atom is -0.324 e. The molecular weight excluding hydrogens is 291 g/mol. The molecule has 7 heteroatoms. The molecule has 0 spiro atoms. The Kier molecular flexibility index (Phi) is 4.84. The monoisotopic (exact) mass is 310 g/mol. The van der Waals surface area contributed by atoms with Crippen LogP contribution in [0.4, 0.5) is 4.39 Å². The Labute approximate surface area is 126 Å². The van der Waals surface area contributed by atoms with Crippen molar-refractivity contribution < 1.29 is 4.39 Å². The van der Waals surface area contributed by atoms with Crippen molar-refractivity contribution in [1.82, 2.24) is 14.8 Å². The molecule has 114 valence electrons. The Hall–Kier alpha value is -1.60. The van der Waals surface area contributed by atoms with E-state index in [0.29, 0.717) is 22.8 Å². The van der Waals surface area contributed by atoms with Crippen molar-refractivity contribution in [2.75, 3.05) is 0 Å². The molecule has 0 aliphatic rings. The molecule has 1 aromatic carbocycles. The van der Waals surface area contributed by atoms with Crippen molar-refractivity contribution in [3.05, 3.63) is 39.6 Å². The number of aryl methyl sites for hydroxylation is 1. The molecule has 1 heterocycles. The van der Waals surface area contributed by atoms with Gasteiger partial charge < -0.3 is 5.73 Å². The number of benzene rings is 1. The molecule has 0 saturated carbocycles. The second kappa shape index (κ2) is 6.44. The van der Waals surface area contributed by atoms with Crippen LogP contribution in [0.3, 0.4) is 0 Å². The molecule has 0 fully saturated rings. The Bertz CT molecular complexity index is 693. The third-order valence-corrected chi connectivity index (χ3v) is 4.22. The van der Waals surface area contributed by atoms with Gasteiger partial charge in [0.05, 0.1) is 0 Å². The maximum absolute atomic E-state index is 13.7. The Morgan fingerprint density at radius 1 is 1.52 bits per heavy atom. The summed E-state index contributed by atoms with van der Waals surface area (Å²) in [5.74, 6) is -0.278. The van der Waals surface area contributed by atoms with Gasteiger partial charge in [0.1, 0.15) is 5.82 Å². The number of nitrogens with two attached hydrogens (primary N) is 1. The lowest BCUT2D eigenvalue weighted by Crippen LogP contribution is -2.17. The van der Waals surface area contributed by atoms with Crippen LogP contribution in [0, 0.1) is 12.7 Å². The molecule has 21 heavy (non-hydrogen) atoms. The molecule has 0 saturated heterocycles. The largest absolute Gasteiger partial charge is 0.343 e. The van der Waals surface area contributed by atoms with Crippen LogP contribution >= 0.6 is 11.8 Å². The van der Waals surface area contributed by atoms with Crippen LogP contribution in [0.15, 0.2) is 27.0 Å². The molecule has 3 N–H and O–H groups in total. The second-order valence-corrected chi connectivity index (χ2v) is 6.00. The van der Waals surface area contributed by atoms with Gasteiger partial charge in [0.2, 0.25) is 0 Å². The number of hydrogen-bond donors (Lipinski definition) is 2. The predicted octanol–water partition coefficient (Wildman–Crippen LogP) is 2.60. The van der Waals surface area contributed by atoms with Gasteiger partial charge in [-0.05, 0) is 55.3 Å². The molecule has 2 rings (SSSR count). The SMILES string of the molecule is CCCn1c(Sc2cc(C)c(F)cc2C(C)N)n[nH]c1=O. The van der Waals surface area contributed by atoms with Gasteiger partial charge in [0.25, 0.3) is 0 Å². The molecule has 1 aromatic heterocycles. The fraction of sp³-hybridized carbons (Fsp3) is 0.429. The predicted molar refractivity (Wildman–Crippen MR) is 81.0 cm³/mol. The lowest BCUT2D eigenvalue weighted by atomic mass is 10.1. The van der Waals surface area contributed by atoms with Gasteiger partial charge in [-0.3, -0.25) is 4.57 Å². The minimum atomic E-state index is -0.298. The standard InChI is InChI=1S/C14H19FN4OS/c1-4-5-19-13(20)17-18-14(19)21-12-6-8(2)11(15)7-10(12)9(3)16/h6-7,9H,4-5,16H2,1-3H3,(H,17,20). The highest BCUT2D eigenvalue weighted by Crippen LogP contribution is 2.33. The van der Waals surface area contributed by atoms with E-state index in [0.717, 1.165) is 11.3 Å². The van der Waals surface area contributed by atoms with Gasteiger partial charge in [0.15, 0.2) is 5.16 Å². The van der Waals surface area contributed by atoms with E-state index in [4.69, 9.17) is 5.73 Å². The Balaban J connectivity index is 2.44. The summed E-state index contributed by atoms with van der Waals surface area (Å²) >= 11 is 1.33. The summed E-state index contributed by atoms with van der Waals surface area (Å²) in [4.78, 5) is 12.5. The topological polar surface area (TPSA) is 76.7 Å². The normalized spacial score (nSPS) is 12.6.